The van der Waals surface area contributed by atoms with Crippen LogP contribution < -0.4 is 10.6 Å². The van der Waals surface area contributed by atoms with Gasteiger partial charge in [-0.3, -0.25) is 0 Å². The predicted molar refractivity (Wildman–Crippen MR) is 70.3 cm³/mol. The Bertz CT molecular complexity index is 449. The lowest BCUT2D eigenvalue weighted by molar-refractivity contribution is 0.0697. The average molecular weight is 271 g/mol. The number of amides is 2. The van der Waals surface area contributed by atoms with E-state index >= 15 is 0 Å². The van der Waals surface area contributed by atoms with Gasteiger partial charge in [0.25, 0.3) is 0 Å². The second kappa shape index (κ2) is 6.86. The van der Waals surface area contributed by atoms with Crippen LogP contribution in [0.3, 0.4) is 0 Å². The standard InChI is InChI=1S/C12H15ClN2O3/c1-2-3-6-14-12(18)15-10-5-4-8(11(16)17)7-9(10)13/h4-5,7H,2-3,6H2,1H3,(H,16,17)(H2,14,15,18). The number of urea groups is 1. The molecule has 0 aliphatic heterocycles. The molecule has 1 rings (SSSR count). The number of carboxylic acid groups (broad SMARTS) is 1. The van der Waals surface area contributed by atoms with Crippen LogP contribution in [0, 0.1) is 0 Å². The second-order valence-corrected chi connectivity index (χ2v) is 4.14. The van der Waals surface area contributed by atoms with Crippen LogP contribution in [0.15, 0.2) is 18.2 Å². The molecule has 0 unspecified atom stereocenters. The van der Waals surface area contributed by atoms with E-state index in [4.69, 9.17) is 16.7 Å². The van der Waals surface area contributed by atoms with Crippen molar-refractivity contribution in [1.29, 1.82) is 0 Å². The van der Waals surface area contributed by atoms with Crippen molar-refractivity contribution in [2.24, 2.45) is 0 Å². The summed E-state index contributed by atoms with van der Waals surface area (Å²) < 4.78 is 0. The van der Waals surface area contributed by atoms with Crippen LogP contribution >= 0.6 is 11.6 Å². The van der Waals surface area contributed by atoms with Crippen LogP contribution in [0.5, 0.6) is 0 Å². The zero-order chi connectivity index (χ0) is 13.5. The molecule has 3 N–H and O–H groups in total. The van der Waals surface area contributed by atoms with E-state index in [0.717, 1.165) is 12.8 Å². The quantitative estimate of drug-likeness (QED) is 0.720. The molecular weight excluding hydrogens is 256 g/mol. The number of carbonyl (C=O) groups is 2. The summed E-state index contributed by atoms with van der Waals surface area (Å²) in [6.07, 6.45) is 1.90. The van der Waals surface area contributed by atoms with E-state index in [1.54, 1.807) is 0 Å². The molecule has 0 bridgehead atoms. The van der Waals surface area contributed by atoms with Crippen LogP contribution in [0.2, 0.25) is 5.02 Å². The first-order chi connectivity index (χ1) is 8.54. The van der Waals surface area contributed by atoms with E-state index < -0.39 is 5.97 Å². The lowest BCUT2D eigenvalue weighted by atomic mass is 10.2. The Kier molecular flexibility index (Phi) is 5.45. The molecule has 0 atom stereocenters. The first-order valence-corrected chi connectivity index (χ1v) is 6.00. The van der Waals surface area contributed by atoms with E-state index in [0.29, 0.717) is 12.2 Å². The largest absolute Gasteiger partial charge is 0.478 e. The van der Waals surface area contributed by atoms with Crippen molar-refractivity contribution in [3.05, 3.63) is 28.8 Å². The van der Waals surface area contributed by atoms with Crippen molar-refractivity contribution in [3.8, 4) is 0 Å². The van der Waals surface area contributed by atoms with E-state index in [9.17, 15) is 9.59 Å². The van der Waals surface area contributed by atoms with Gasteiger partial charge in [-0.25, -0.2) is 9.59 Å². The molecular formula is C12H15ClN2O3. The molecule has 0 saturated heterocycles. The van der Waals surface area contributed by atoms with Crippen molar-refractivity contribution in [2.45, 2.75) is 19.8 Å². The molecule has 0 aliphatic rings. The maximum absolute atomic E-state index is 11.5. The third-order valence-electron chi connectivity index (χ3n) is 2.28. The fourth-order valence-corrected chi connectivity index (χ4v) is 1.52. The van der Waals surface area contributed by atoms with Gasteiger partial charge < -0.3 is 15.7 Å². The van der Waals surface area contributed by atoms with Gasteiger partial charge >= 0.3 is 12.0 Å². The van der Waals surface area contributed by atoms with Crippen molar-refractivity contribution in [3.63, 3.8) is 0 Å². The number of halogens is 1. The van der Waals surface area contributed by atoms with Crippen LogP contribution in [-0.2, 0) is 0 Å². The summed E-state index contributed by atoms with van der Waals surface area (Å²) >= 11 is 5.87. The number of hydrogen-bond donors (Lipinski definition) is 3. The van der Waals surface area contributed by atoms with Crippen LogP contribution in [0.25, 0.3) is 0 Å². The number of rotatable bonds is 5. The summed E-state index contributed by atoms with van der Waals surface area (Å²) in [6.45, 7) is 2.62. The molecule has 5 nitrogen and oxygen atoms in total. The number of carboxylic acids is 1. The third-order valence-corrected chi connectivity index (χ3v) is 2.59. The zero-order valence-corrected chi connectivity index (χ0v) is 10.8. The van der Waals surface area contributed by atoms with E-state index in [2.05, 4.69) is 10.6 Å². The van der Waals surface area contributed by atoms with E-state index in [1.807, 2.05) is 6.92 Å². The molecule has 1 aromatic rings. The summed E-state index contributed by atoms with van der Waals surface area (Å²) in [7, 11) is 0. The van der Waals surface area contributed by atoms with Gasteiger partial charge in [0, 0.05) is 6.54 Å². The van der Waals surface area contributed by atoms with Gasteiger partial charge in [0.1, 0.15) is 0 Å². The van der Waals surface area contributed by atoms with Crippen molar-refractivity contribution in [2.75, 3.05) is 11.9 Å². The molecule has 1 aromatic carbocycles. The summed E-state index contributed by atoms with van der Waals surface area (Å²) in [5.41, 5.74) is 0.465. The summed E-state index contributed by atoms with van der Waals surface area (Å²) in [6, 6.07) is 3.79. The number of aromatic carboxylic acids is 1. The van der Waals surface area contributed by atoms with Crippen molar-refractivity contribution < 1.29 is 14.7 Å². The van der Waals surface area contributed by atoms with Crippen LogP contribution in [-0.4, -0.2) is 23.7 Å². The molecule has 6 heteroatoms. The second-order valence-electron chi connectivity index (χ2n) is 3.73. The Morgan fingerprint density at radius 1 is 1.39 bits per heavy atom. The Morgan fingerprint density at radius 3 is 2.67 bits per heavy atom. The third kappa shape index (κ3) is 4.25. The Morgan fingerprint density at radius 2 is 2.11 bits per heavy atom. The predicted octanol–water partition coefficient (Wildman–Crippen LogP) is 2.96. The SMILES string of the molecule is CCCCNC(=O)Nc1ccc(C(=O)O)cc1Cl. The fourth-order valence-electron chi connectivity index (χ4n) is 1.29. The van der Waals surface area contributed by atoms with E-state index in [1.165, 1.54) is 18.2 Å². The van der Waals surface area contributed by atoms with Crippen molar-refractivity contribution in [1.82, 2.24) is 5.32 Å². The normalized spacial score (nSPS) is 9.89. The molecule has 0 heterocycles. The van der Waals surface area contributed by atoms with Gasteiger partial charge in [0.15, 0.2) is 0 Å². The van der Waals surface area contributed by atoms with Gasteiger partial charge in [-0.1, -0.05) is 24.9 Å². The number of unbranched alkanes of at least 4 members (excludes halogenated alkanes) is 1. The summed E-state index contributed by atoms with van der Waals surface area (Å²) in [5, 5.41) is 14.2. The van der Waals surface area contributed by atoms with Gasteiger partial charge in [-0.15, -0.1) is 0 Å². The number of anilines is 1. The molecule has 0 fully saturated rings. The smallest absolute Gasteiger partial charge is 0.335 e. The number of carbonyl (C=O) groups excluding carboxylic acids is 1. The average Bonchev–Trinajstić information content (AvgIpc) is 2.32. The molecule has 18 heavy (non-hydrogen) atoms. The molecule has 0 radical (unpaired) electrons. The number of nitrogens with one attached hydrogen (secondary N) is 2. The number of hydrogen-bond acceptors (Lipinski definition) is 2. The Balaban J connectivity index is 2.62. The maximum Gasteiger partial charge on any atom is 0.335 e. The molecule has 2 amide bonds. The highest BCUT2D eigenvalue weighted by atomic mass is 35.5. The summed E-state index contributed by atoms with van der Waals surface area (Å²) in [5.74, 6) is -1.06. The first-order valence-electron chi connectivity index (χ1n) is 5.62. The van der Waals surface area contributed by atoms with Gasteiger partial charge in [0.2, 0.25) is 0 Å². The fraction of sp³-hybridized carbons (Fsp3) is 0.333. The van der Waals surface area contributed by atoms with Gasteiger partial charge in [-0.05, 0) is 24.6 Å². The lowest BCUT2D eigenvalue weighted by Gasteiger charge is -2.09. The highest BCUT2D eigenvalue weighted by Gasteiger charge is 2.09. The highest BCUT2D eigenvalue weighted by Crippen LogP contribution is 2.22. The monoisotopic (exact) mass is 270 g/mol. The van der Waals surface area contributed by atoms with Gasteiger partial charge in [0.05, 0.1) is 16.3 Å². The molecule has 0 spiro atoms. The molecule has 98 valence electrons. The number of benzene rings is 1. The lowest BCUT2D eigenvalue weighted by Crippen LogP contribution is -2.29. The highest BCUT2D eigenvalue weighted by molar-refractivity contribution is 6.34. The Hall–Kier alpha value is -1.75. The first kappa shape index (κ1) is 14.3. The van der Waals surface area contributed by atoms with Crippen LogP contribution in [0.4, 0.5) is 10.5 Å². The molecule has 0 aromatic heterocycles. The zero-order valence-electron chi connectivity index (χ0n) is 10.00. The Labute approximate surface area is 110 Å². The summed E-state index contributed by atoms with van der Waals surface area (Å²) in [4.78, 5) is 22.2. The molecule has 0 aliphatic carbocycles. The minimum absolute atomic E-state index is 0.0805. The minimum atomic E-state index is -1.06. The van der Waals surface area contributed by atoms with E-state index in [-0.39, 0.29) is 16.6 Å². The molecule has 0 saturated carbocycles. The van der Waals surface area contributed by atoms with Crippen molar-refractivity contribution >= 4 is 29.3 Å². The topological polar surface area (TPSA) is 78.4 Å². The minimum Gasteiger partial charge on any atom is -0.478 e. The van der Waals surface area contributed by atoms with Crippen LogP contribution in [0.1, 0.15) is 30.1 Å². The van der Waals surface area contributed by atoms with Gasteiger partial charge in [-0.2, -0.15) is 0 Å². The maximum atomic E-state index is 11.5.